The van der Waals surface area contributed by atoms with Crippen molar-refractivity contribution in [3.05, 3.63) is 30.3 Å². The molecule has 1 aromatic rings. The summed E-state index contributed by atoms with van der Waals surface area (Å²) >= 11 is 3.76. The van der Waals surface area contributed by atoms with Crippen LogP contribution in [0.3, 0.4) is 0 Å². The van der Waals surface area contributed by atoms with Crippen LogP contribution in [0.15, 0.2) is 35.2 Å². The van der Waals surface area contributed by atoms with Crippen molar-refractivity contribution in [3.63, 3.8) is 0 Å². The molecule has 1 saturated heterocycles. The quantitative estimate of drug-likeness (QED) is 0.541. The van der Waals surface area contributed by atoms with Crippen LogP contribution in [0.1, 0.15) is 33.1 Å². The average Bonchev–Trinajstić information content (AvgIpc) is 2.63. The van der Waals surface area contributed by atoms with Gasteiger partial charge in [-0.1, -0.05) is 44.0 Å². The van der Waals surface area contributed by atoms with E-state index >= 15 is 0 Å². The molecule has 0 N–H and O–H groups in total. The van der Waals surface area contributed by atoms with Crippen LogP contribution in [-0.4, -0.2) is 65.6 Å². The first kappa shape index (κ1) is 21.1. The number of piperidine rings is 1. The molecule has 1 aliphatic heterocycles. The molecule has 1 heterocycles. The van der Waals surface area contributed by atoms with Crippen molar-refractivity contribution in [2.24, 2.45) is 5.92 Å². The summed E-state index contributed by atoms with van der Waals surface area (Å²) < 4.78 is 4.93. The van der Waals surface area contributed by atoms with Crippen LogP contribution in [0, 0.1) is 5.92 Å². The van der Waals surface area contributed by atoms with E-state index in [1.165, 1.54) is 43.8 Å². The number of likely N-dealkylation sites (tertiary alicyclic amines) is 1. The Morgan fingerprint density at radius 2 is 1.88 bits per heavy atom. The van der Waals surface area contributed by atoms with Crippen LogP contribution in [0.25, 0.3) is 0 Å². The maximum atomic E-state index is 2.67. The maximum absolute atomic E-state index is 2.67. The van der Waals surface area contributed by atoms with E-state index < -0.39 is 0 Å². The lowest BCUT2D eigenvalue weighted by molar-refractivity contribution is 0.159. The van der Waals surface area contributed by atoms with Gasteiger partial charge in [0.2, 0.25) is 0 Å². The summed E-state index contributed by atoms with van der Waals surface area (Å²) in [5, 5.41) is 0. The van der Waals surface area contributed by atoms with Crippen LogP contribution in [-0.2, 0) is 0 Å². The zero-order valence-electron chi connectivity index (χ0n) is 16.4. The van der Waals surface area contributed by atoms with Gasteiger partial charge in [-0.25, -0.2) is 8.61 Å². The molecule has 5 heteroatoms. The Labute approximate surface area is 163 Å². The van der Waals surface area contributed by atoms with Crippen molar-refractivity contribution in [2.45, 2.75) is 44.0 Å². The lowest BCUT2D eigenvalue weighted by Gasteiger charge is -2.37. The Bertz CT molecular complexity index is 459. The lowest BCUT2D eigenvalue weighted by Crippen LogP contribution is -2.42. The highest BCUT2D eigenvalue weighted by Crippen LogP contribution is 2.24. The highest BCUT2D eigenvalue weighted by atomic mass is 32.2. The molecule has 0 saturated carbocycles. The molecule has 3 nitrogen and oxygen atoms in total. The van der Waals surface area contributed by atoms with Crippen molar-refractivity contribution >= 4 is 23.9 Å². The van der Waals surface area contributed by atoms with E-state index in [1.807, 2.05) is 23.9 Å². The zero-order chi connectivity index (χ0) is 18.1. The molecule has 0 aliphatic carbocycles. The summed E-state index contributed by atoms with van der Waals surface area (Å²) in [4.78, 5) is 4.00. The smallest absolute Gasteiger partial charge is 0.0230 e. The van der Waals surface area contributed by atoms with E-state index in [1.54, 1.807) is 0 Å². The van der Waals surface area contributed by atoms with Gasteiger partial charge in [0.1, 0.15) is 0 Å². The summed E-state index contributed by atoms with van der Waals surface area (Å²) in [5.41, 5.74) is 0. The van der Waals surface area contributed by atoms with Crippen molar-refractivity contribution in [1.82, 2.24) is 13.5 Å². The van der Waals surface area contributed by atoms with Gasteiger partial charge in [0, 0.05) is 24.0 Å². The number of hydrogen-bond donors (Lipinski definition) is 0. The zero-order valence-corrected chi connectivity index (χ0v) is 18.0. The molecule has 0 amide bonds. The number of hydrogen-bond acceptors (Lipinski definition) is 5. The highest BCUT2D eigenvalue weighted by Gasteiger charge is 2.23. The van der Waals surface area contributed by atoms with E-state index in [4.69, 9.17) is 0 Å². The summed E-state index contributed by atoms with van der Waals surface area (Å²) in [6, 6.07) is 11.4. The molecule has 0 spiro atoms. The fourth-order valence-electron chi connectivity index (χ4n) is 3.60. The lowest BCUT2D eigenvalue weighted by atomic mass is 10.0. The van der Waals surface area contributed by atoms with Gasteiger partial charge in [0.05, 0.1) is 0 Å². The third kappa shape index (κ3) is 7.51. The summed E-state index contributed by atoms with van der Waals surface area (Å²) in [7, 11) is 2.21. The fourth-order valence-corrected chi connectivity index (χ4v) is 5.33. The third-order valence-corrected chi connectivity index (χ3v) is 6.99. The summed E-state index contributed by atoms with van der Waals surface area (Å²) in [6.07, 6.45) is 6.16. The monoisotopic (exact) mass is 381 g/mol. The Kier molecular flexibility index (Phi) is 9.71. The second kappa shape index (κ2) is 11.5. The molecule has 0 bridgehead atoms. The van der Waals surface area contributed by atoms with E-state index in [-0.39, 0.29) is 0 Å². The standard InChI is InChI=1S/C20H35N3S2/c1-5-23(24-4)19-12-15-22(16-13-19)14-11-18(2)17-21(3)25-20-9-7-6-8-10-20/h6-10,18-19H,5,11-17H2,1-4H3. The molecule has 1 unspecified atom stereocenters. The molecule has 1 aromatic carbocycles. The van der Waals surface area contributed by atoms with E-state index in [9.17, 15) is 0 Å². The summed E-state index contributed by atoms with van der Waals surface area (Å²) in [6.45, 7) is 10.8. The third-order valence-electron chi connectivity index (χ3n) is 5.02. The van der Waals surface area contributed by atoms with Crippen molar-refractivity contribution in [3.8, 4) is 0 Å². The van der Waals surface area contributed by atoms with Gasteiger partial charge >= 0.3 is 0 Å². The van der Waals surface area contributed by atoms with Gasteiger partial charge < -0.3 is 4.90 Å². The molecule has 0 aromatic heterocycles. The first-order chi connectivity index (χ1) is 12.1. The number of nitrogens with zero attached hydrogens (tertiary/aromatic N) is 3. The largest absolute Gasteiger partial charge is 0.303 e. The molecule has 1 atom stereocenters. The minimum atomic E-state index is 0.734. The first-order valence-corrected chi connectivity index (χ1v) is 11.5. The average molecular weight is 382 g/mol. The van der Waals surface area contributed by atoms with Gasteiger partial charge in [-0.2, -0.15) is 0 Å². The van der Waals surface area contributed by atoms with Crippen LogP contribution in [0.5, 0.6) is 0 Å². The minimum Gasteiger partial charge on any atom is -0.303 e. The number of rotatable bonds is 10. The van der Waals surface area contributed by atoms with Crippen molar-refractivity contribution in [2.75, 3.05) is 46.0 Å². The van der Waals surface area contributed by atoms with Crippen LogP contribution in [0.4, 0.5) is 0 Å². The fraction of sp³-hybridized carbons (Fsp3) is 0.700. The predicted molar refractivity (Wildman–Crippen MR) is 114 cm³/mol. The molecule has 2 rings (SSSR count). The predicted octanol–water partition coefficient (Wildman–Crippen LogP) is 4.72. The van der Waals surface area contributed by atoms with Crippen LogP contribution >= 0.6 is 23.9 Å². The summed E-state index contributed by atoms with van der Waals surface area (Å²) in [5.74, 6) is 0.734. The van der Waals surface area contributed by atoms with Crippen LogP contribution < -0.4 is 0 Å². The molecular formula is C20H35N3S2. The molecule has 1 aliphatic rings. The van der Waals surface area contributed by atoms with Crippen molar-refractivity contribution < 1.29 is 0 Å². The molecule has 25 heavy (non-hydrogen) atoms. The first-order valence-electron chi connectivity index (χ1n) is 9.59. The SMILES string of the molecule is CCN(SC)C1CCN(CCC(C)CN(C)Sc2ccccc2)CC1. The van der Waals surface area contributed by atoms with Gasteiger partial charge in [-0.3, -0.25) is 0 Å². The number of benzene rings is 1. The van der Waals surface area contributed by atoms with Gasteiger partial charge in [0.25, 0.3) is 0 Å². The van der Waals surface area contributed by atoms with E-state index in [2.05, 4.69) is 71.0 Å². The second-order valence-corrected chi connectivity index (χ2v) is 9.21. The minimum absolute atomic E-state index is 0.734. The van der Waals surface area contributed by atoms with Gasteiger partial charge in [-0.15, -0.1) is 0 Å². The molecular weight excluding hydrogens is 346 g/mol. The van der Waals surface area contributed by atoms with Gasteiger partial charge in [0.15, 0.2) is 0 Å². The Morgan fingerprint density at radius 1 is 1.20 bits per heavy atom. The molecule has 142 valence electrons. The normalized spacial score (nSPS) is 18.2. The van der Waals surface area contributed by atoms with Crippen LogP contribution in [0.2, 0.25) is 0 Å². The van der Waals surface area contributed by atoms with Gasteiger partial charge in [-0.05, 0) is 82.2 Å². The molecule has 1 fully saturated rings. The van der Waals surface area contributed by atoms with Crippen molar-refractivity contribution in [1.29, 1.82) is 0 Å². The topological polar surface area (TPSA) is 9.72 Å². The highest BCUT2D eigenvalue weighted by molar-refractivity contribution is 7.97. The second-order valence-electron chi connectivity index (χ2n) is 7.10. The Morgan fingerprint density at radius 3 is 2.48 bits per heavy atom. The van der Waals surface area contributed by atoms with E-state index in [0.29, 0.717) is 0 Å². The Balaban J connectivity index is 1.63. The maximum Gasteiger partial charge on any atom is 0.0230 e. The Hall–Kier alpha value is -0.200. The van der Waals surface area contributed by atoms with E-state index in [0.717, 1.165) is 25.0 Å². The molecule has 0 radical (unpaired) electrons.